The zero-order chi connectivity index (χ0) is 16.0. The third-order valence-electron chi connectivity index (χ3n) is 4.68. The summed E-state index contributed by atoms with van der Waals surface area (Å²) in [6, 6.07) is 0. The van der Waals surface area contributed by atoms with Crippen LogP contribution in [0.5, 0.6) is 0 Å². The van der Waals surface area contributed by atoms with Crippen molar-refractivity contribution in [3.05, 3.63) is 0 Å². The van der Waals surface area contributed by atoms with Gasteiger partial charge in [0.05, 0.1) is 58.5 Å². The van der Waals surface area contributed by atoms with E-state index in [1.54, 1.807) is 0 Å². The predicted molar refractivity (Wildman–Crippen MR) is 89.4 cm³/mol. The second kappa shape index (κ2) is 8.90. The lowest BCUT2D eigenvalue weighted by Gasteiger charge is -2.37. The molecule has 0 aliphatic carbocycles. The average molecular weight is 347 g/mol. The van der Waals surface area contributed by atoms with Gasteiger partial charge in [0.2, 0.25) is 0 Å². The summed E-state index contributed by atoms with van der Waals surface area (Å²) in [7, 11) is -2.31. The molecule has 0 spiro atoms. The Morgan fingerprint density at radius 2 is 0.826 bits per heavy atom. The van der Waals surface area contributed by atoms with E-state index in [0.29, 0.717) is 18.9 Å². The molecule has 3 fully saturated rings. The van der Waals surface area contributed by atoms with E-state index in [4.69, 9.17) is 14.2 Å². The van der Waals surface area contributed by atoms with E-state index in [2.05, 4.69) is 14.7 Å². The van der Waals surface area contributed by atoms with Gasteiger partial charge in [-0.15, -0.1) is 0 Å². The standard InChI is InChI=1S/C15H30N3O4P/c19-23(13-16-1-7-20-8-2-16,14-17-3-9-21-10-4-17)15-18-5-11-22-12-6-18/h1-15H2. The summed E-state index contributed by atoms with van der Waals surface area (Å²) in [6.07, 6.45) is 2.14. The van der Waals surface area contributed by atoms with E-state index < -0.39 is 7.14 Å². The highest BCUT2D eigenvalue weighted by Gasteiger charge is 2.32. The molecule has 3 heterocycles. The highest BCUT2D eigenvalue weighted by Crippen LogP contribution is 2.47. The molecule has 0 unspecified atom stereocenters. The van der Waals surface area contributed by atoms with Crippen LogP contribution >= 0.6 is 7.14 Å². The maximum atomic E-state index is 13.8. The summed E-state index contributed by atoms with van der Waals surface area (Å²) >= 11 is 0. The third-order valence-corrected chi connectivity index (χ3v) is 7.43. The van der Waals surface area contributed by atoms with Gasteiger partial charge in [0.15, 0.2) is 0 Å². The van der Waals surface area contributed by atoms with Gasteiger partial charge in [-0.25, -0.2) is 0 Å². The fourth-order valence-electron chi connectivity index (χ4n) is 3.46. The van der Waals surface area contributed by atoms with Crippen molar-refractivity contribution >= 4 is 7.14 Å². The summed E-state index contributed by atoms with van der Waals surface area (Å²) in [5, 5.41) is 0. The van der Waals surface area contributed by atoms with Gasteiger partial charge in [0.25, 0.3) is 0 Å². The molecule has 3 aliphatic heterocycles. The number of ether oxygens (including phenoxy) is 3. The van der Waals surface area contributed by atoms with Gasteiger partial charge in [-0.05, 0) is 0 Å². The summed E-state index contributed by atoms with van der Waals surface area (Å²) in [4.78, 5) is 6.97. The summed E-state index contributed by atoms with van der Waals surface area (Å²) in [5.74, 6) is 0. The smallest absolute Gasteiger partial charge is 0.127 e. The number of morpholine rings is 3. The minimum absolute atomic E-state index is 0.713. The summed E-state index contributed by atoms with van der Waals surface area (Å²) in [6.45, 7) is 9.95. The minimum atomic E-state index is -2.31. The molecule has 23 heavy (non-hydrogen) atoms. The van der Waals surface area contributed by atoms with Gasteiger partial charge in [0, 0.05) is 39.3 Å². The first-order valence-corrected chi connectivity index (χ1v) is 11.0. The lowest BCUT2D eigenvalue weighted by Crippen LogP contribution is -2.43. The molecular formula is C15H30N3O4P. The Labute approximate surface area is 139 Å². The highest BCUT2D eigenvalue weighted by atomic mass is 31.2. The van der Waals surface area contributed by atoms with Crippen LogP contribution < -0.4 is 0 Å². The van der Waals surface area contributed by atoms with Crippen molar-refractivity contribution in [3.8, 4) is 0 Å². The van der Waals surface area contributed by atoms with Crippen molar-refractivity contribution in [3.63, 3.8) is 0 Å². The summed E-state index contributed by atoms with van der Waals surface area (Å²) in [5.41, 5.74) is 0. The van der Waals surface area contributed by atoms with E-state index in [0.717, 1.165) is 78.9 Å². The Morgan fingerprint density at radius 3 is 1.09 bits per heavy atom. The van der Waals surface area contributed by atoms with Gasteiger partial charge in [-0.3, -0.25) is 14.7 Å². The molecule has 0 aromatic carbocycles. The molecule has 7 nitrogen and oxygen atoms in total. The number of hydrogen-bond donors (Lipinski definition) is 0. The Balaban J connectivity index is 1.61. The SMILES string of the molecule is O=P(CN1CCOCC1)(CN1CCOCC1)CN1CCOCC1. The molecular weight excluding hydrogens is 317 g/mol. The minimum Gasteiger partial charge on any atom is -0.379 e. The number of hydrogen-bond acceptors (Lipinski definition) is 7. The normalized spacial score (nSPS) is 26.4. The first-order valence-electron chi connectivity index (χ1n) is 8.71. The molecule has 0 radical (unpaired) electrons. The van der Waals surface area contributed by atoms with Crippen LogP contribution in [0.1, 0.15) is 0 Å². The van der Waals surface area contributed by atoms with E-state index in [1.165, 1.54) is 0 Å². The molecule has 0 N–H and O–H groups in total. The first-order chi connectivity index (χ1) is 11.2. The van der Waals surface area contributed by atoms with Gasteiger partial charge in [0.1, 0.15) is 7.14 Å². The van der Waals surface area contributed by atoms with Gasteiger partial charge in [-0.2, -0.15) is 0 Å². The van der Waals surface area contributed by atoms with E-state index in [1.807, 2.05) is 0 Å². The van der Waals surface area contributed by atoms with Crippen LogP contribution in [0.15, 0.2) is 0 Å². The highest BCUT2D eigenvalue weighted by molar-refractivity contribution is 7.63. The van der Waals surface area contributed by atoms with Crippen LogP contribution in [0.25, 0.3) is 0 Å². The molecule has 3 saturated heterocycles. The Bertz CT molecular complexity index is 337. The largest absolute Gasteiger partial charge is 0.379 e. The lowest BCUT2D eigenvalue weighted by molar-refractivity contribution is 0.0380. The zero-order valence-corrected chi connectivity index (χ0v) is 14.9. The fourth-order valence-corrected chi connectivity index (χ4v) is 6.76. The topological polar surface area (TPSA) is 54.5 Å². The molecule has 0 bridgehead atoms. The maximum absolute atomic E-state index is 13.8. The van der Waals surface area contributed by atoms with Crippen molar-refractivity contribution in [2.24, 2.45) is 0 Å². The first kappa shape index (κ1) is 17.8. The summed E-state index contributed by atoms with van der Waals surface area (Å²) < 4.78 is 30.1. The molecule has 0 atom stereocenters. The Morgan fingerprint density at radius 1 is 0.565 bits per heavy atom. The second-order valence-electron chi connectivity index (χ2n) is 6.67. The van der Waals surface area contributed by atoms with Gasteiger partial charge < -0.3 is 18.8 Å². The van der Waals surface area contributed by atoms with E-state index in [9.17, 15) is 4.57 Å². The van der Waals surface area contributed by atoms with Crippen molar-refractivity contribution in [2.75, 3.05) is 97.8 Å². The van der Waals surface area contributed by atoms with E-state index in [-0.39, 0.29) is 0 Å². The molecule has 0 aromatic rings. The molecule has 3 aliphatic rings. The quantitative estimate of drug-likeness (QED) is 0.637. The maximum Gasteiger partial charge on any atom is 0.127 e. The molecule has 0 saturated carbocycles. The van der Waals surface area contributed by atoms with Crippen LogP contribution in [0, 0.1) is 0 Å². The predicted octanol–water partition coefficient (Wildman–Crippen LogP) is 0.219. The lowest BCUT2D eigenvalue weighted by atomic mass is 10.5. The van der Waals surface area contributed by atoms with E-state index >= 15 is 0 Å². The molecule has 8 heteroatoms. The Kier molecular flexibility index (Phi) is 6.89. The monoisotopic (exact) mass is 347 g/mol. The zero-order valence-electron chi connectivity index (χ0n) is 14.0. The van der Waals surface area contributed by atoms with Gasteiger partial charge in [-0.1, -0.05) is 0 Å². The number of rotatable bonds is 6. The molecule has 0 amide bonds. The van der Waals surface area contributed by atoms with Crippen molar-refractivity contribution in [1.82, 2.24) is 14.7 Å². The van der Waals surface area contributed by atoms with Crippen molar-refractivity contribution in [2.45, 2.75) is 0 Å². The third kappa shape index (κ3) is 5.78. The molecule has 0 aromatic heterocycles. The average Bonchev–Trinajstić information content (AvgIpc) is 2.57. The number of nitrogens with zero attached hydrogens (tertiary/aromatic N) is 3. The second-order valence-corrected chi connectivity index (χ2v) is 9.64. The fraction of sp³-hybridized carbons (Fsp3) is 1.00. The van der Waals surface area contributed by atoms with Gasteiger partial charge >= 0.3 is 0 Å². The van der Waals surface area contributed by atoms with Crippen LogP contribution in [0.2, 0.25) is 0 Å². The van der Waals surface area contributed by atoms with Crippen molar-refractivity contribution < 1.29 is 18.8 Å². The van der Waals surface area contributed by atoms with Crippen LogP contribution in [-0.4, -0.2) is 112 Å². The Hall–Kier alpha value is -0.0100. The van der Waals surface area contributed by atoms with Crippen LogP contribution in [0.3, 0.4) is 0 Å². The molecule has 3 rings (SSSR count). The molecule has 134 valence electrons. The van der Waals surface area contributed by atoms with Crippen molar-refractivity contribution in [1.29, 1.82) is 0 Å². The van der Waals surface area contributed by atoms with Crippen LogP contribution in [0.4, 0.5) is 0 Å². The van der Waals surface area contributed by atoms with Crippen LogP contribution in [-0.2, 0) is 18.8 Å².